The van der Waals surface area contributed by atoms with E-state index in [1.165, 1.54) is 18.2 Å². The van der Waals surface area contributed by atoms with E-state index >= 15 is 0 Å². The van der Waals surface area contributed by atoms with E-state index < -0.39 is 0 Å². The monoisotopic (exact) mass is 1400 g/mol. The molecule has 29 nitrogen and oxygen atoms in total. The Kier molecular flexibility index (Phi) is 20.1. The van der Waals surface area contributed by atoms with E-state index in [1.54, 1.807) is 41.1 Å². The SMILES string of the molecule is C=CC(=O)N1CCCC(c2c3c(=O)[nH]nc(N)c3nn2-c2ccc(Oc3ccccc3)cc2)C1.C=CC(=O)N1CCCC(n2nc(-c3ccc(Oc4cc(C)ccn4)cc3)c3c(N)n[nH]c(=O)c32)C1.C=CC(=O)N1CCCC(n2nc(-c3ccc(Oc4ccc(C)cn4)cc3)c3c(N)n[nH]c(=O)c32)C1. The molecule has 0 bridgehead atoms. The van der Waals surface area contributed by atoms with Gasteiger partial charge in [-0.2, -0.15) is 30.6 Å². The highest BCUT2D eigenvalue weighted by Gasteiger charge is 2.33. The summed E-state index contributed by atoms with van der Waals surface area (Å²) in [6, 6.07) is 38.7. The minimum Gasteiger partial charge on any atom is -0.457 e. The van der Waals surface area contributed by atoms with Gasteiger partial charge in [0, 0.05) is 80.8 Å². The van der Waals surface area contributed by atoms with Gasteiger partial charge in [0.15, 0.2) is 17.5 Å². The van der Waals surface area contributed by atoms with Crippen LogP contribution in [0, 0.1) is 13.8 Å². The summed E-state index contributed by atoms with van der Waals surface area (Å²) in [5.41, 5.74) is 24.5. The summed E-state index contributed by atoms with van der Waals surface area (Å²) in [6.07, 6.45) is 12.1. The molecule has 3 aliphatic heterocycles. The van der Waals surface area contributed by atoms with Crippen LogP contribution >= 0.6 is 0 Å². The second-order valence-electron chi connectivity index (χ2n) is 25.3. The second-order valence-corrected chi connectivity index (χ2v) is 25.3. The molecule has 29 heteroatoms. The standard InChI is InChI=1S/2C25H25N7O3.C25H24N6O3/c1-3-20(33)31-12-4-5-17(14-31)32-23-21(24(26)28-29-25(23)34)22(30-32)16-7-9-18(10-8-16)35-19-11-6-15(2)13-27-19;1-3-20(33)31-12-4-5-17(14-31)32-23-21(24(26)28-29-25(23)34)22(30-32)16-6-8-18(9-7-16)35-19-13-15(2)10-11-27-19;1-2-20(32)30-14-6-7-16(15-30)23-21-22(24(26)27-28-25(21)33)29-31(23)17-10-12-19(13-11-17)34-18-8-4-3-5-9-18/h2*3,6-11,13,17H,1,4-5,12,14H2,2H3,(H2,26,28)(H,29,34);2-5,8-13,16H,1,6-7,14-15H2,(H2,26,27)(H,28,33). The Morgan fingerprint density at radius 1 is 0.500 bits per heavy atom. The first-order chi connectivity index (χ1) is 50.4. The van der Waals surface area contributed by atoms with E-state index in [9.17, 15) is 28.8 Å². The van der Waals surface area contributed by atoms with Crippen molar-refractivity contribution in [2.24, 2.45) is 0 Å². The molecule has 0 spiro atoms. The van der Waals surface area contributed by atoms with E-state index in [1.807, 2.05) is 141 Å². The van der Waals surface area contributed by atoms with Crippen molar-refractivity contribution in [3.8, 4) is 63.0 Å². The van der Waals surface area contributed by atoms with Gasteiger partial charge in [-0.3, -0.25) is 38.1 Å². The number of hydrogen-bond acceptors (Lipinski definition) is 20. The van der Waals surface area contributed by atoms with Crippen LogP contribution in [0.5, 0.6) is 34.8 Å². The van der Waals surface area contributed by atoms with Crippen molar-refractivity contribution in [3.05, 3.63) is 226 Å². The van der Waals surface area contributed by atoms with Crippen molar-refractivity contribution in [1.29, 1.82) is 0 Å². The lowest BCUT2D eigenvalue weighted by atomic mass is 9.92. The number of nitrogen functional groups attached to an aromatic ring is 3. The Bertz CT molecular complexity index is 5400. The van der Waals surface area contributed by atoms with Crippen LogP contribution in [0.25, 0.3) is 60.9 Å². The molecular weight excluding hydrogens is 1320 g/mol. The minimum atomic E-state index is -0.384. The minimum absolute atomic E-state index is 0.106. The van der Waals surface area contributed by atoms with Gasteiger partial charge in [-0.25, -0.2) is 29.9 Å². The van der Waals surface area contributed by atoms with Gasteiger partial charge in [0.1, 0.15) is 50.9 Å². The lowest BCUT2D eigenvalue weighted by Gasteiger charge is -2.32. The summed E-state index contributed by atoms with van der Waals surface area (Å²) < 4.78 is 22.7. The first-order valence-corrected chi connectivity index (χ1v) is 33.7. The van der Waals surface area contributed by atoms with Gasteiger partial charge in [0.25, 0.3) is 16.7 Å². The number of nitrogens with one attached hydrogen (secondary N) is 3. The van der Waals surface area contributed by atoms with Gasteiger partial charge in [-0.1, -0.05) is 44.0 Å². The fourth-order valence-electron chi connectivity index (χ4n) is 13.2. The number of carbonyl (C=O) groups excluding carboxylic acids is 3. The number of piperidine rings is 3. The van der Waals surface area contributed by atoms with Crippen molar-refractivity contribution in [2.45, 2.75) is 70.4 Å². The fraction of sp³-hybridized carbons (Fsp3) is 0.227. The third kappa shape index (κ3) is 14.6. The molecule has 528 valence electrons. The molecule has 3 saturated heterocycles. The van der Waals surface area contributed by atoms with Gasteiger partial charge >= 0.3 is 0 Å². The summed E-state index contributed by atoms with van der Waals surface area (Å²) >= 11 is 0. The molecule has 0 saturated carbocycles. The number of likely N-dealkylation sites (tertiary alicyclic amines) is 3. The molecule has 11 heterocycles. The molecule has 104 heavy (non-hydrogen) atoms. The van der Waals surface area contributed by atoms with Crippen LogP contribution < -0.4 is 48.1 Å². The number of anilines is 3. The summed E-state index contributed by atoms with van der Waals surface area (Å²) in [5.74, 6) is 3.64. The zero-order valence-corrected chi connectivity index (χ0v) is 57.0. The first-order valence-electron chi connectivity index (χ1n) is 33.7. The predicted octanol–water partition coefficient (Wildman–Crippen LogP) is 9.80. The lowest BCUT2D eigenvalue weighted by Crippen LogP contribution is -2.40. The highest BCUT2D eigenvalue weighted by atomic mass is 16.5. The van der Waals surface area contributed by atoms with E-state index in [-0.39, 0.29) is 69.9 Å². The highest BCUT2D eigenvalue weighted by Crippen LogP contribution is 2.39. The topological polar surface area (TPSA) is 383 Å². The van der Waals surface area contributed by atoms with Gasteiger partial charge in [-0.15, -0.1) is 0 Å². The number of pyridine rings is 2. The molecule has 4 aromatic carbocycles. The average Bonchev–Trinajstić information content (AvgIpc) is 1.61. The Morgan fingerprint density at radius 2 is 0.981 bits per heavy atom. The zero-order chi connectivity index (χ0) is 72.7. The number of aromatic nitrogens is 14. The second kappa shape index (κ2) is 30.2. The van der Waals surface area contributed by atoms with E-state index in [2.05, 4.69) is 65.4 Å². The van der Waals surface area contributed by atoms with Crippen molar-refractivity contribution in [1.82, 2.24) is 84.6 Å². The Balaban J connectivity index is 0.000000139. The van der Waals surface area contributed by atoms with Crippen LogP contribution in [0.15, 0.2) is 192 Å². The van der Waals surface area contributed by atoms with Crippen molar-refractivity contribution < 1.29 is 28.6 Å². The molecular formula is C75H74N20O9. The quantitative estimate of drug-likeness (QED) is 0.0520. The fourth-order valence-corrected chi connectivity index (χ4v) is 13.2. The molecule has 0 aliphatic carbocycles. The molecule has 0 radical (unpaired) electrons. The van der Waals surface area contributed by atoms with Gasteiger partial charge in [-0.05, 0) is 173 Å². The zero-order valence-electron chi connectivity index (χ0n) is 57.0. The van der Waals surface area contributed by atoms with Crippen LogP contribution in [0.2, 0.25) is 0 Å². The van der Waals surface area contributed by atoms with Crippen molar-refractivity contribution in [3.63, 3.8) is 0 Å². The third-order valence-corrected chi connectivity index (χ3v) is 18.3. The smallest absolute Gasteiger partial charge is 0.290 e. The van der Waals surface area contributed by atoms with E-state index in [0.717, 1.165) is 72.2 Å². The molecule has 9 N–H and O–H groups in total. The van der Waals surface area contributed by atoms with Crippen molar-refractivity contribution in [2.75, 3.05) is 56.5 Å². The molecule has 3 atom stereocenters. The number of nitrogens with zero attached hydrogens (tertiary/aromatic N) is 14. The van der Waals surface area contributed by atoms with E-state index in [0.29, 0.717) is 118 Å². The molecule has 3 fully saturated rings. The number of carbonyl (C=O) groups is 3. The van der Waals surface area contributed by atoms with Crippen LogP contribution in [-0.2, 0) is 14.4 Å². The maximum atomic E-state index is 12.8. The number of H-pyrrole nitrogens is 3. The summed E-state index contributed by atoms with van der Waals surface area (Å²) in [5, 5.41) is 34.8. The van der Waals surface area contributed by atoms with Crippen molar-refractivity contribution >= 4 is 67.9 Å². The number of amides is 3. The number of para-hydroxylation sites is 1. The largest absolute Gasteiger partial charge is 0.457 e. The summed E-state index contributed by atoms with van der Waals surface area (Å²) in [6.45, 7) is 18.0. The van der Waals surface area contributed by atoms with Gasteiger partial charge in [0.2, 0.25) is 29.5 Å². The Morgan fingerprint density at radius 3 is 1.50 bits per heavy atom. The Labute approximate surface area is 593 Å². The van der Waals surface area contributed by atoms with Gasteiger partial charge < -0.3 is 46.1 Å². The highest BCUT2D eigenvalue weighted by molar-refractivity contribution is 6.01. The number of aryl methyl sites for hydroxylation is 2. The normalized spacial score (nSPS) is 15.8. The number of hydrogen-bond donors (Lipinski definition) is 6. The lowest BCUT2D eigenvalue weighted by molar-refractivity contribution is -0.128. The maximum Gasteiger partial charge on any atom is 0.290 e. The molecule has 12 aromatic rings. The first kappa shape index (κ1) is 69.2. The predicted molar refractivity (Wildman–Crippen MR) is 393 cm³/mol. The molecule has 3 unspecified atom stereocenters. The number of rotatable bonds is 15. The van der Waals surface area contributed by atoms with E-state index in [4.69, 9.17) is 41.6 Å². The van der Waals surface area contributed by atoms with Crippen LogP contribution in [0.4, 0.5) is 17.5 Å². The maximum absolute atomic E-state index is 12.8. The summed E-state index contributed by atoms with van der Waals surface area (Å²) in [7, 11) is 0. The third-order valence-electron chi connectivity index (χ3n) is 18.3. The molecule has 3 aliphatic rings. The number of fused-ring (bicyclic) bond motifs is 3. The molecule has 3 amide bonds. The molecule has 8 aromatic heterocycles. The number of ether oxygens (including phenoxy) is 3. The van der Waals surface area contributed by atoms with Crippen LogP contribution in [0.3, 0.4) is 0 Å². The number of nitrogens with two attached hydrogens (primary N) is 3. The molecule has 15 rings (SSSR count). The Hall–Kier alpha value is -13.3. The van der Waals surface area contributed by atoms with Crippen LogP contribution in [-0.4, -0.2) is 142 Å². The van der Waals surface area contributed by atoms with Gasteiger partial charge in [0.05, 0.1) is 39.6 Å². The van der Waals surface area contributed by atoms with Crippen LogP contribution in [0.1, 0.15) is 73.3 Å². The average molecular weight is 1400 g/mol. The summed E-state index contributed by atoms with van der Waals surface area (Å²) in [4.78, 5) is 88.9. The number of benzene rings is 4. The number of aromatic amines is 3.